The van der Waals surface area contributed by atoms with E-state index in [1.807, 2.05) is 0 Å². The van der Waals surface area contributed by atoms with E-state index in [9.17, 15) is 0 Å². The molecule has 0 aromatic carbocycles. The molecule has 0 unspecified atom stereocenters. The zero-order chi connectivity index (χ0) is 8.97. The first-order chi connectivity index (χ1) is 5.74. The topological polar surface area (TPSA) is 21.3 Å². The fourth-order valence-corrected chi connectivity index (χ4v) is 1.50. The van der Waals surface area contributed by atoms with Crippen molar-refractivity contribution in [3.05, 3.63) is 11.6 Å². The van der Waals surface area contributed by atoms with Gasteiger partial charge < -0.3 is 10.1 Å². The Bertz CT molecular complexity index is 163. The maximum Gasteiger partial charge on any atom is 0.0732 e. The summed E-state index contributed by atoms with van der Waals surface area (Å²) in [7, 11) is 1.79. The van der Waals surface area contributed by atoms with Gasteiger partial charge in [0.1, 0.15) is 0 Å². The second-order valence-corrected chi connectivity index (χ2v) is 3.65. The Morgan fingerprint density at radius 2 is 2.33 bits per heavy atom. The minimum atomic E-state index is 0.362. The Morgan fingerprint density at radius 3 is 2.92 bits per heavy atom. The van der Waals surface area contributed by atoms with Crippen molar-refractivity contribution < 1.29 is 4.74 Å². The summed E-state index contributed by atoms with van der Waals surface area (Å²) in [4.78, 5) is 0. The van der Waals surface area contributed by atoms with E-state index in [-0.39, 0.29) is 0 Å². The molecule has 0 saturated carbocycles. The molecule has 0 spiro atoms. The number of hydrogen-bond donors (Lipinski definition) is 1. The molecule has 0 bridgehead atoms. The molecule has 1 rings (SSSR count). The smallest absolute Gasteiger partial charge is 0.0732 e. The van der Waals surface area contributed by atoms with E-state index < -0.39 is 0 Å². The van der Waals surface area contributed by atoms with Gasteiger partial charge in [0.2, 0.25) is 0 Å². The highest BCUT2D eigenvalue weighted by molar-refractivity contribution is 5.09. The van der Waals surface area contributed by atoms with Gasteiger partial charge in [-0.1, -0.05) is 25.5 Å². The number of methoxy groups -OCH3 is 1. The van der Waals surface area contributed by atoms with Gasteiger partial charge in [-0.05, 0) is 12.3 Å². The lowest BCUT2D eigenvalue weighted by atomic mass is 9.97. The summed E-state index contributed by atoms with van der Waals surface area (Å²) in [6, 6.07) is 0. The summed E-state index contributed by atoms with van der Waals surface area (Å²) in [5.74, 6) is 0.655. The Labute approximate surface area is 75.0 Å². The zero-order valence-corrected chi connectivity index (χ0v) is 8.26. The molecule has 0 fully saturated rings. The predicted molar refractivity (Wildman–Crippen MR) is 51.2 cm³/mol. The second-order valence-electron chi connectivity index (χ2n) is 3.65. The van der Waals surface area contributed by atoms with E-state index in [1.165, 1.54) is 5.57 Å². The van der Waals surface area contributed by atoms with Crippen LogP contribution in [0, 0.1) is 5.92 Å². The van der Waals surface area contributed by atoms with Crippen LogP contribution in [-0.2, 0) is 4.74 Å². The third-order valence-corrected chi connectivity index (χ3v) is 2.42. The Kier molecular flexibility index (Phi) is 3.76. The first-order valence-corrected chi connectivity index (χ1v) is 4.66. The van der Waals surface area contributed by atoms with E-state index in [0.29, 0.717) is 12.0 Å². The molecule has 0 aromatic rings. The lowest BCUT2D eigenvalue weighted by molar-refractivity contribution is 0.103. The molecule has 0 aromatic heterocycles. The van der Waals surface area contributed by atoms with Gasteiger partial charge in [0.15, 0.2) is 0 Å². The highest BCUT2D eigenvalue weighted by Gasteiger charge is 2.14. The first kappa shape index (κ1) is 9.75. The quantitative estimate of drug-likeness (QED) is 0.634. The standard InChI is InChI=1S/C10H19NO/c1-8(2)9-4-5-11-7-10(6-9)12-3/h4,8,10-11H,5-7H2,1-3H3/t10-/m1/s1. The van der Waals surface area contributed by atoms with Crippen molar-refractivity contribution >= 4 is 0 Å². The highest BCUT2D eigenvalue weighted by atomic mass is 16.5. The minimum absolute atomic E-state index is 0.362. The van der Waals surface area contributed by atoms with Crippen molar-refractivity contribution in [1.29, 1.82) is 0 Å². The van der Waals surface area contributed by atoms with Gasteiger partial charge in [0.05, 0.1) is 6.10 Å². The summed E-state index contributed by atoms with van der Waals surface area (Å²) in [6.07, 6.45) is 3.74. The largest absolute Gasteiger partial charge is 0.380 e. The van der Waals surface area contributed by atoms with Gasteiger partial charge in [-0.3, -0.25) is 0 Å². The fourth-order valence-electron chi connectivity index (χ4n) is 1.50. The molecule has 2 nitrogen and oxygen atoms in total. The van der Waals surface area contributed by atoms with Crippen LogP contribution in [0.2, 0.25) is 0 Å². The van der Waals surface area contributed by atoms with Crippen molar-refractivity contribution in [3.63, 3.8) is 0 Å². The molecule has 2 heteroatoms. The van der Waals surface area contributed by atoms with Crippen molar-refractivity contribution in [2.75, 3.05) is 20.2 Å². The van der Waals surface area contributed by atoms with Crippen molar-refractivity contribution in [2.45, 2.75) is 26.4 Å². The molecule has 1 aliphatic rings. The van der Waals surface area contributed by atoms with Crippen molar-refractivity contribution in [3.8, 4) is 0 Å². The van der Waals surface area contributed by atoms with E-state index in [0.717, 1.165) is 19.5 Å². The van der Waals surface area contributed by atoms with Crippen LogP contribution < -0.4 is 5.32 Å². The highest BCUT2D eigenvalue weighted by Crippen LogP contribution is 2.18. The van der Waals surface area contributed by atoms with Crippen LogP contribution in [-0.4, -0.2) is 26.3 Å². The molecular weight excluding hydrogens is 150 g/mol. The molecule has 1 atom stereocenters. The van der Waals surface area contributed by atoms with Crippen molar-refractivity contribution in [2.24, 2.45) is 5.92 Å². The molecule has 0 radical (unpaired) electrons. The number of rotatable bonds is 2. The molecule has 0 aliphatic carbocycles. The summed E-state index contributed by atoms with van der Waals surface area (Å²) in [6.45, 7) is 6.45. The Balaban J connectivity index is 2.54. The molecule has 1 N–H and O–H groups in total. The van der Waals surface area contributed by atoms with E-state index in [4.69, 9.17) is 4.74 Å². The maximum absolute atomic E-state index is 5.35. The van der Waals surface area contributed by atoms with E-state index >= 15 is 0 Å². The van der Waals surface area contributed by atoms with Crippen LogP contribution in [0.25, 0.3) is 0 Å². The maximum atomic E-state index is 5.35. The summed E-state index contributed by atoms with van der Waals surface area (Å²) in [5.41, 5.74) is 1.52. The summed E-state index contributed by atoms with van der Waals surface area (Å²) >= 11 is 0. The average molecular weight is 169 g/mol. The third kappa shape index (κ3) is 2.61. The zero-order valence-electron chi connectivity index (χ0n) is 8.26. The van der Waals surface area contributed by atoms with Crippen LogP contribution in [0.4, 0.5) is 0 Å². The molecule has 70 valence electrons. The number of nitrogens with one attached hydrogen (secondary N) is 1. The predicted octanol–water partition coefficient (Wildman–Crippen LogP) is 1.58. The fraction of sp³-hybridized carbons (Fsp3) is 0.800. The normalized spacial score (nSPS) is 25.3. The van der Waals surface area contributed by atoms with Crippen LogP contribution >= 0.6 is 0 Å². The van der Waals surface area contributed by atoms with E-state index in [2.05, 4.69) is 25.2 Å². The monoisotopic (exact) mass is 169 g/mol. The van der Waals surface area contributed by atoms with E-state index in [1.54, 1.807) is 7.11 Å². The third-order valence-electron chi connectivity index (χ3n) is 2.42. The van der Waals surface area contributed by atoms with Gasteiger partial charge in [-0.25, -0.2) is 0 Å². The lowest BCUT2D eigenvalue weighted by Gasteiger charge is -2.16. The van der Waals surface area contributed by atoms with Gasteiger partial charge >= 0.3 is 0 Å². The van der Waals surface area contributed by atoms with Gasteiger partial charge in [0.25, 0.3) is 0 Å². The number of ether oxygens (including phenoxy) is 1. The Hall–Kier alpha value is -0.340. The molecular formula is C10H19NO. The van der Waals surface area contributed by atoms with Crippen LogP contribution in [0.15, 0.2) is 11.6 Å². The Morgan fingerprint density at radius 1 is 1.58 bits per heavy atom. The van der Waals surface area contributed by atoms with Gasteiger partial charge in [0, 0.05) is 20.2 Å². The SMILES string of the molecule is CO[C@H]1CNCC=C(C(C)C)C1. The van der Waals surface area contributed by atoms with Gasteiger partial charge in [-0.2, -0.15) is 0 Å². The lowest BCUT2D eigenvalue weighted by Crippen LogP contribution is -2.26. The van der Waals surface area contributed by atoms with Crippen LogP contribution in [0.5, 0.6) is 0 Å². The minimum Gasteiger partial charge on any atom is -0.380 e. The summed E-state index contributed by atoms with van der Waals surface area (Å²) < 4.78 is 5.35. The summed E-state index contributed by atoms with van der Waals surface area (Å²) in [5, 5.41) is 3.33. The number of hydrogen-bond acceptors (Lipinski definition) is 2. The molecule has 12 heavy (non-hydrogen) atoms. The second kappa shape index (κ2) is 4.63. The molecule has 0 amide bonds. The average Bonchev–Trinajstić information content (AvgIpc) is 2.28. The molecule has 0 saturated heterocycles. The van der Waals surface area contributed by atoms with Crippen molar-refractivity contribution in [1.82, 2.24) is 5.32 Å². The molecule has 1 heterocycles. The van der Waals surface area contributed by atoms with Gasteiger partial charge in [-0.15, -0.1) is 0 Å². The first-order valence-electron chi connectivity index (χ1n) is 4.66. The van der Waals surface area contributed by atoms with Crippen LogP contribution in [0.3, 0.4) is 0 Å². The van der Waals surface area contributed by atoms with Crippen LogP contribution in [0.1, 0.15) is 20.3 Å². The molecule has 1 aliphatic heterocycles.